The summed E-state index contributed by atoms with van der Waals surface area (Å²) in [6.07, 6.45) is 2.61. The van der Waals surface area contributed by atoms with E-state index in [1.807, 2.05) is 42.5 Å². The van der Waals surface area contributed by atoms with E-state index in [0.29, 0.717) is 93.5 Å². The van der Waals surface area contributed by atoms with E-state index in [-0.39, 0.29) is 31.7 Å². The van der Waals surface area contributed by atoms with Crippen LogP contribution >= 0.6 is 23.2 Å². The molecule has 0 aliphatic carbocycles. The third-order valence-corrected chi connectivity index (χ3v) is 9.25. The molecule has 1 saturated heterocycles. The van der Waals surface area contributed by atoms with E-state index in [1.165, 1.54) is 7.11 Å². The highest BCUT2D eigenvalue weighted by atomic mass is 35.5. The van der Waals surface area contributed by atoms with Crippen molar-refractivity contribution in [2.24, 2.45) is 0 Å². The van der Waals surface area contributed by atoms with Crippen molar-refractivity contribution in [1.82, 2.24) is 25.5 Å². The fraction of sp³-hybridized carbons (Fsp3) is 0.385. The Balaban J connectivity index is 1.41. The van der Waals surface area contributed by atoms with E-state index in [2.05, 4.69) is 20.9 Å². The lowest BCUT2D eigenvalue weighted by atomic mass is 10.0. The molecule has 1 aliphatic rings. The second-order valence-electron chi connectivity index (χ2n) is 13.6. The Morgan fingerprint density at radius 1 is 1.00 bits per heavy atom. The van der Waals surface area contributed by atoms with Crippen molar-refractivity contribution in [2.75, 3.05) is 39.3 Å². The van der Waals surface area contributed by atoms with Gasteiger partial charge in [0.2, 0.25) is 11.8 Å². The highest BCUT2D eigenvalue weighted by molar-refractivity contribution is 6.39. The maximum absolute atomic E-state index is 13.3. The number of amides is 2. The summed E-state index contributed by atoms with van der Waals surface area (Å²) in [5.74, 6) is 0.907. The summed E-state index contributed by atoms with van der Waals surface area (Å²) in [7, 11) is 3.11. The van der Waals surface area contributed by atoms with Crippen LogP contribution in [0.5, 0.6) is 11.6 Å². The lowest BCUT2D eigenvalue weighted by Crippen LogP contribution is -2.43. The summed E-state index contributed by atoms with van der Waals surface area (Å²) in [5, 5.41) is 10.3. The molecule has 5 rings (SSSR count). The van der Waals surface area contributed by atoms with Gasteiger partial charge in [0.15, 0.2) is 0 Å². The predicted octanol–water partition coefficient (Wildman–Crippen LogP) is 8.34. The molecule has 3 heterocycles. The molecule has 0 unspecified atom stereocenters. The zero-order valence-electron chi connectivity index (χ0n) is 30.5. The average molecular weight is 768 g/mol. The Hall–Kier alpha value is -4.65. The fourth-order valence-electron chi connectivity index (χ4n) is 6.00. The van der Waals surface area contributed by atoms with E-state index in [1.54, 1.807) is 51.1 Å². The Bertz CT molecular complexity index is 1920. The summed E-state index contributed by atoms with van der Waals surface area (Å²) < 4.78 is 29.7. The summed E-state index contributed by atoms with van der Waals surface area (Å²) in [4.78, 5) is 36.1. The third-order valence-electron chi connectivity index (χ3n) is 8.46. The van der Waals surface area contributed by atoms with Gasteiger partial charge in [-0.1, -0.05) is 47.5 Å². The van der Waals surface area contributed by atoms with Gasteiger partial charge >= 0.3 is 6.09 Å². The minimum absolute atomic E-state index is 0.0395. The number of methoxy groups -OCH3 is 2. The Morgan fingerprint density at radius 3 is 2.47 bits per heavy atom. The average Bonchev–Trinajstić information content (AvgIpc) is 3.54. The van der Waals surface area contributed by atoms with Crippen LogP contribution in [0.15, 0.2) is 60.8 Å². The number of aromatic nitrogens is 2. The highest BCUT2D eigenvalue weighted by Gasteiger charge is 2.29. The number of ether oxygens (including phenoxy) is 3. The van der Waals surface area contributed by atoms with Crippen molar-refractivity contribution < 1.29 is 28.2 Å². The second-order valence-corrected chi connectivity index (χ2v) is 14.3. The minimum atomic E-state index is -0.706. The molecule has 2 amide bonds. The van der Waals surface area contributed by atoms with E-state index in [4.69, 9.17) is 42.4 Å². The number of anilines is 2. The molecule has 53 heavy (non-hydrogen) atoms. The van der Waals surface area contributed by atoms with Crippen LogP contribution in [0.3, 0.4) is 0 Å². The number of para-hydroxylation sites is 1. The van der Waals surface area contributed by atoms with E-state index >= 15 is 0 Å². The molecule has 0 bridgehead atoms. The molecule has 0 radical (unpaired) electrons. The van der Waals surface area contributed by atoms with Crippen molar-refractivity contribution in [3.63, 3.8) is 0 Å². The second kappa shape index (κ2) is 17.9. The number of carbonyl (C=O) groups excluding carboxylic acids is 2. The van der Waals surface area contributed by atoms with Crippen molar-refractivity contribution in [1.29, 1.82) is 0 Å². The van der Waals surface area contributed by atoms with Crippen LogP contribution in [-0.2, 0) is 22.6 Å². The minimum Gasteiger partial charge on any atom is -0.494 e. The number of halogens is 3. The topological polar surface area (TPSA) is 127 Å². The standard InChI is InChI=1S/C39H45Cl2FN6O5/c1-39(2,3)53-38(50)48(23-26-14-16-32(49)45-26)22-25-13-15-29(47-37(25)52-5)27-17-20-44-35(34(27)41)28-10-7-11-30(33(28)40)46-31-12-6-9-24(36(31)51-4)21-43-19-8-18-42/h6-7,9-13,15,17,20,26,43,46H,8,14,16,18-19,21-23H2,1-5H3,(H,45,49)/t26-/m0/s1. The molecule has 1 atom stereocenters. The maximum atomic E-state index is 13.3. The molecule has 1 aliphatic heterocycles. The van der Waals surface area contributed by atoms with Crippen LogP contribution in [0, 0.1) is 0 Å². The molecule has 2 aromatic carbocycles. The molecule has 2 aromatic heterocycles. The first-order valence-corrected chi connectivity index (χ1v) is 18.1. The van der Waals surface area contributed by atoms with Crippen LogP contribution < -0.4 is 25.4 Å². The number of rotatable bonds is 15. The van der Waals surface area contributed by atoms with Gasteiger partial charge < -0.3 is 35.1 Å². The molecule has 0 spiro atoms. The van der Waals surface area contributed by atoms with Gasteiger partial charge in [0.25, 0.3) is 0 Å². The van der Waals surface area contributed by atoms with Crippen molar-refractivity contribution in [2.45, 2.75) is 64.8 Å². The van der Waals surface area contributed by atoms with Gasteiger partial charge in [-0.3, -0.25) is 14.2 Å². The van der Waals surface area contributed by atoms with Gasteiger partial charge in [-0.15, -0.1) is 0 Å². The van der Waals surface area contributed by atoms with Gasteiger partial charge in [-0.25, -0.2) is 9.78 Å². The smallest absolute Gasteiger partial charge is 0.410 e. The summed E-state index contributed by atoms with van der Waals surface area (Å²) >= 11 is 14.1. The van der Waals surface area contributed by atoms with Crippen molar-refractivity contribution >= 4 is 46.6 Å². The van der Waals surface area contributed by atoms with E-state index in [0.717, 1.165) is 5.56 Å². The molecule has 1 fully saturated rings. The number of carbonyl (C=O) groups is 2. The summed E-state index contributed by atoms with van der Waals surface area (Å²) in [6, 6.07) is 16.5. The SMILES string of the molecule is COc1nc(-c2ccnc(-c3cccc(Nc4cccc(CNCCCF)c4OC)c3Cl)c2Cl)ccc1CN(C[C@@H]1CCC(=O)N1)C(=O)OC(C)(C)C. The van der Waals surface area contributed by atoms with E-state index < -0.39 is 11.7 Å². The Morgan fingerprint density at radius 2 is 1.77 bits per heavy atom. The lowest BCUT2D eigenvalue weighted by Gasteiger charge is -2.29. The quantitative estimate of drug-likeness (QED) is 0.102. The van der Waals surface area contributed by atoms with Gasteiger partial charge in [-0.2, -0.15) is 0 Å². The van der Waals surface area contributed by atoms with E-state index in [9.17, 15) is 14.0 Å². The Kier molecular flexibility index (Phi) is 13.4. The third kappa shape index (κ3) is 10.1. The molecule has 11 nitrogen and oxygen atoms in total. The monoisotopic (exact) mass is 766 g/mol. The van der Waals surface area contributed by atoms with Crippen molar-refractivity contribution in [3.8, 4) is 34.1 Å². The molecular formula is C39H45Cl2FN6O5. The van der Waals surface area contributed by atoms with Crippen LogP contribution in [-0.4, -0.2) is 72.5 Å². The summed E-state index contributed by atoms with van der Waals surface area (Å²) in [5.41, 5.74) is 4.35. The highest BCUT2D eigenvalue weighted by Crippen LogP contribution is 2.42. The first-order chi connectivity index (χ1) is 25.4. The lowest BCUT2D eigenvalue weighted by molar-refractivity contribution is -0.119. The number of hydrogen-bond acceptors (Lipinski definition) is 9. The van der Waals surface area contributed by atoms with Crippen LogP contribution in [0.2, 0.25) is 10.0 Å². The van der Waals surface area contributed by atoms with Gasteiger partial charge in [0.05, 0.1) is 60.2 Å². The molecule has 4 aromatic rings. The maximum Gasteiger partial charge on any atom is 0.410 e. The number of alkyl halides is 1. The largest absolute Gasteiger partial charge is 0.494 e. The number of hydrogen-bond donors (Lipinski definition) is 3. The predicted molar refractivity (Wildman–Crippen MR) is 206 cm³/mol. The van der Waals surface area contributed by atoms with Gasteiger partial charge in [0, 0.05) is 54.0 Å². The zero-order chi connectivity index (χ0) is 38.1. The number of benzene rings is 2. The molecule has 3 N–H and O–H groups in total. The Labute approximate surface area is 319 Å². The molecular weight excluding hydrogens is 722 g/mol. The summed E-state index contributed by atoms with van der Waals surface area (Å²) in [6.45, 7) is 6.53. The van der Waals surface area contributed by atoms with Crippen LogP contribution in [0.4, 0.5) is 20.6 Å². The molecule has 14 heteroatoms. The number of pyridine rings is 2. The van der Waals surface area contributed by atoms with Gasteiger partial charge in [0.1, 0.15) is 11.4 Å². The number of nitrogens with zero attached hydrogens (tertiary/aromatic N) is 3. The normalized spacial score (nSPS) is 14.1. The van der Waals surface area contributed by atoms with Crippen LogP contribution in [0.25, 0.3) is 22.5 Å². The van der Waals surface area contributed by atoms with Crippen molar-refractivity contribution in [3.05, 3.63) is 82.0 Å². The first kappa shape index (κ1) is 39.6. The zero-order valence-corrected chi connectivity index (χ0v) is 32.0. The number of nitrogens with one attached hydrogen (secondary N) is 3. The molecule has 0 saturated carbocycles. The van der Waals surface area contributed by atoms with Crippen LogP contribution in [0.1, 0.15) is 51.2 Å². The molecule has 282 valence electrons. The fourth-order valence-corrected chi connectivity index (χ4v) is 6.57. The van der Waals surface area contributed by atoms with Gasteiger partial charge in [-0.05, 0) is 70.5 Å². The first-order valence-electron chi connectivity index (χ1n) is 17.4.